The van der Waals surface area contributed by atoms with Gasteiger partial charge in [-0.15, -0.1) is 22.7 Å². The average molecular weight is 324 g/mol. The molecule has 0 aliphatic carbocycles. The molecule has 0 amide bonds. The molecule has 2 heterocycles. The third-order valence-corrected chi connectivity index (χ3v) is 5.93. The van der Waals surface area contributed by atoms with Gasteiger partial charge in [-0.2, -0.15) is 0 Å². The summed E-state index contributed by atoms with van der Waals surface area (Å²) in [5.74, 6) is 0.985. The van der Waals surface area contributed by atoms with Crippen LogP contribution in [0.1, 0.15) is 54.8 Å². The molecule has 0 fully saturated rings. The van der Waals surface area contributed by atoms with Crippen molar-refractivity contribution in [2.24, 2.45) is 0 Å². The quantitative estimate of drug-likeness (QED) is 0.788. The zero-order valence-corrected chi connectivity index (χ0v) is 15.2. The largest absolute Gasteiger partial charge is 0.496 e. The third kappa shape index (κ3) is 3.87. The first-order valence-electron chi connectivity index (χ1n) is 7.42. The predicted octanol–water partition coefficient (Wildman–Crippen LogP) is 5.20. The summed E-state index contributed by atoms with van der Waals surface area (Å²) >= 11 is 3.67. The van der Waals surface area contributed by atoms with E-state index in [1.54, 1.807) is 18.4 Å². The van der Waals surface area contributed by atoms with E-state index in [-0.39, 0.29) is 11.5 Å². The first kappa shape index (κ1) is 16.5. The van der Waals surface area contributed by atoms with E-state index in [0.717, 1.165) is 18.7 Å². The third-order valence-electron chi connectivity index (χ3n) is 3.39. The summed E-state index contributed by atoms with van der Waals surface area (Å²) in [6, 6.07) is 6.82. The van der Waals surface area contributed by atoms with Crippen LogP contribution in [0.2, 0.25) is 0 Å². The van der Waals surface area contributed by atoms with Crippen LogP contribution < -0.4 is 10.1 Å². The van der Waals surface area contributed by atoms with Crippen molar-refractivity contribution in [2.75, 3.05) is 13.7 Å². The molecule has 21 heavy (non-hydrogen) atoms. The van der Waals surface area contributed by atoms with E-state index in [1.807, 2.05) is 11.3 Å². The van der Waals surface area contributed by atoms with Crippen LogP contribution in [0.4, 0.5) is 0 Å². The Morgan fingerprint density at radius 1 is 1.24 bits per heavy atom. The van der Waals surface area contributed by atoms with Gasteiger partial charge >= 0.3 is 0 Å². The molecule has 116 valence electrons. The molecule has 0 saturated heterocycles. The molecule has 0 bridgehead atoms. The van der Waals surface area contributed by atoms with Gasteiger partial charge in [-0.05, 0) is 42.0 Å². The number of rotatable bonds is 6. The van der Waals surface area contributed by atoms with Crippen LogP contribution in [-0.4, -0.2) is 13.7 Å². The summed E-state index contributed by atoms with van der Waals surface area (Å²) in [6.45, 7) is 10.0. The molecule has 2 rings (SSSR count). The number of nitrogens with one attached hydrogen (secondary N) is 1. The molecule has 1 unspecified atom stereocenters. The maximum absolute atomic E-state index is 5.52. The molecule has 0 spiro atoms. The molecule has 1 atom stereocenters. The fourth-order valence-electron chi connectivity index (χ4n) is 2.21. The molecular formula is C17H25NOS2. The predicted molar refractivity (Wildman–Crippen MR) is 94.0 cm³/mol. The van der Waals surface area contributed by atoms with Gasteiger partial charge in [-0.1, -0.05) is 27.7 Å². The van der Waals surface area contributed by atoms with E-state index in [1.165, 1.54) is 14.6 Å². The number of hydrogen-bond acceptors (Lipinski definition) is 4. The van der Waals surface area contributed by atoms with E-state index in [2.05, 4.69) is 56.6 Å². The minimum Gasteiger partial charge on any atom is -0.496 e. The Bertz CT molecular complexity index is 565. The van der Waals surface area contributed by atoms with E-state index >= 15 is 0 Å². The lowest BCUT2D eigenvalue weighted by atomic mass is 9.95. The molecular weight excluding hydrogens is 298 g/mol. The summed E-state index contributed by atoms with van der Waals surface area (Å²) in [5.41, 5.74) is 0.206. The smallest absolute Gasteiger partial charge is 0.134 e. The Hall–Kier alpha value is -0.840. The zero-order chi connectivity index (χ0) is 15.5. The number of thiophene rings is 2. The maximum Gasteiger partial charge on any atom is 0.134 e. The molecule has 2 nitrogen and oxygen atoms in total. The first-order chi connectivity index (χ1) is 9.97. The molecule has 0 radical (unpaired) electrons. The Kier molecular flexibility index (Phi) is 5.47. The summed E-state index contributed by atoms with van der Waals surface area (Å²) in [4.78, 5) is 4.07. The van der Waals surface area contributed by atoms with Crippen LogP contribution in [0.5, 0.6) is 5.75 Å². The van der Waals surface area contributed by atoms with Crippen LogP contribution in [0, 0.1) is 0 Å². The van der Waals surface area contributed by atoms with Crippen molar-refractivity contribution >= 4 is 22.7 Å². The van der Waals surface area contributed by atoms with Crippen molar-refractivity contribution in [3.05, 3.63) is 38.2 Å². The Morgan fingerprint density at radius 3 is 2.57 bits per heavy atom. The van der Waals surface area contributed by atoms with Crippen LogP contribution in [0.25, 0.3) is 0 Å². The van der Waals surface area contributed by atoms with E-state index in [0.29, 0.717) is 0 Å². The van der Waals surface area contributed by atoms with Gasteiger partial charge in [-0.3, -0.25) is 0 Å². The number of hydrogen-bond donors (Lipinski definition) is 1. The minimum atomic E-state index is 0.206. The molecule has 0 aromatic carbocycles. The van der Waals surface area contributed by atoms with Crippen LogP contribution in [-0.2, 0) is 5.41 Å². The van der Waals surface area contributed by atoms with Crippen LogP contribution >= 0.6 is 22.7 Å². The summed E-state index contributed by atoms with van der Waals surface area (Å²) in [5, 5.41) is 5.77. The number of methoxy groups -OCH3 is 1. The van der Waals surface area contributed by atoms with Gasteiger partial charge in [0.2, 0.25) is 0 Å². The number of ether oxygens (including phenoxy) is 1. The SMILES string of the molecule is CCCNC(c1ccc(C(C)(C)C)s1)c1sccc1OC. The highest BCUT2D eigenvalue weighted by molar-refractivity contribution is 7.13. The van der Waals surface area contributed by atoms with Crippen LogP contribution in [0.3, 0.4) is 0 Å². The molecule has 0 saturated carbocycles. The second kappa shape index (κ2) is 6.95. The lowest BCUT2D eigenvalue weighted by Gasteiger charge is -2.18. The van der Waals surface area contributed by atoms with Gasteiger partial charge in [0.1, 0.15) is 5.75 Å². The van der Waals surface area contributed by atoms with Gasteiger partial charge in [-0.25, -0.2) is 0 Å². The lowest BCUT2D eigenvalue weighted by molar-refractivity contribution is 0.407. The Morgan fingerprint density at radius 2 is 2.00 bits per heavy atom. The van der Waals surface area contributed by atoms with Gasteiger partial charge in [0.05, 0.1) is 18.0 Å². The summed E-state index contributed by atoms with van der Waals surface area (Å²) in [7, 11) is 1.75. The van der Waals surface area contributed by atoms with Crippen molar-refractivity contribution in [3.8, 4) is 5.75 Å². The van der Waals surface area contributed by atoms with Gasteiger partial charge in [0.15, 0.2) is 0 Å². The summed E-state index contributed by atoms with van der Waals surface area (Å²) in [6.07, 6.45) is 1.13. The normalized spacial score (nSPS) is 13.4. The second-order valence-corrected chi connectivity index (χ2v) is 8.26. The molecule has 0 aliphatic heterocycles. The minimum absolute atomic E-state index is 0.206. The lowest BCUT2D eigenvalue weighted by Crippen LogP contribution is -2.22. The molecule has 2 aromatic heterocycles. The monoisotopic (exact) mass is 323 g/mol. The van der Waals surface area contributed by atoms with Crippen LogP contribution in [0.15, 0.2) is 23.6 Å². The average Bonchev–Trinajstić information content (AvgIpc) is 3.07. The van der Waals surface area contributed by atoms with Crippen molar-refractivity contribution in [2.45, 2.75) is 45.6 Å². The summed E-state index contributed by atoms with van der Waals surface area (Å²) < 4.78 is 5.52. The fourth-order valence-corrected chi connectivity index (χ4v) is 4.39. The van der Waals surface area contributed by atoms with Gasteiger partial charge in [0.25, 0.3) is 0 Å². The van der Waals surface area contributed by atoms with Crippen molar-refractivity contribution in [3.63, 3.8) is 0 Å². The fraction of sp³-hybridized carbons (Fsp3) is 0.529. The standard InChI is InChI=1S/C17H25NOS2/c1-6-10-18-15(16-12(19-5)9-11-20-16)13-7-8-14(21-13)17(2,3)4/h7-9,11,15,18H,6,10H2,1-5H3. The van der Waals surface area contributed by atoms with E-state index < -0.39 is 0 Å². The topological polar surface area (TPSA) is 21.3 Å². The Labute approximate surface area is 136 Å². The Balaban J connectivity index is 2.34. The van der Waals surface area contributed by atoms with E-state index in [9.17, 15) is 0 Å². The van der Waals surface area contributed by atoms with Crippen molar-refractivity contribution < 1.29 is 4.74 Å². The maximum atomic E-state index is 5.52. The second-order valence-electron chi connectivity index (χ2n) is 6.19. The van der Waals surface area contributed by atoms with Crippen molar-refractivity contribution in [1.82, 2.24) is 5.32 Å². The highest BCUT2D eigenvalue weighted by atomic mass is 32.1. The van der Waals surface area contributed by atoms with E-state index in [4.69, 9.17) is 4.74 Å². The zero-order valence-electron chi connectivity index (χ0n) is 13.5. The molecule has 0 aliphatic rings. The van der Waals surface area contributed by atoms with Gasteiger partial charge in [0, 0.05) is 9.75 Å². The molecule has 2 aromatic rings. The molecule has 4 heteroatoms. The highest BCUT2D eigenvalue weighted by Crippen LogP contribution is 2.39. The highest BCUT2D eigenvalue weighted by Gasteiger charge is 2.23. The van der Waals surface area contributed by atoms with Gasteiger partial charge < -0.3 is 10.1 Å². The van der Waals surface area contributed by atoms with Crippen molar-refractivity contribution in [1.29, 1.82) is 0 Å². The molecule has 1 N–H and O–H groups in total. The first-order valence-corrected chi connectivity index (χ1v) is 9.12.